The van der Waals surface area contributed by atoms with E-state index in [2.05, 4.69) is 10.6 Å². The molecule has 4 nitrogen and oxygen atoms in total. The van der Waals surface area contributed by atoms with Gasteiger partial charge in [0.15, 0.2) is 0 Å². The van der Waals surface area contributed by atoms with Gasteiger partial charge in [0, 0.05) is 17.8 Å². The normalized spacial score (nSPS) is 26.8. The molecule has 0 aliphatic carbocycles. The van der Waals surface area contributed by atoms with Gasteiger partial charge >= 0.3 is 0 Å². The SMILES string of the molecule is C=S1(=O)NC=C(C(C)(C)C)C(=O)N1C(C)C. The summed E-state index contributed by atoms with van der Waals surface area (Å²) in [6.45, 7) is 9.51. The summed E-state index contributed by atoms with van der Waals surface area (Å²) in [5.41, 5.74) is 0.358. The Morgan fingerprint density at radius 2 is 1.94 bits per heavy atom. The van der Waals surface area contributed by atoms with Crippen LogP contribution in [0, 0.1) is 5.41 Å². The summed E-state index contributed by atoms with van der Waals surface area (Å²) in [7, 11) is -2.71. The number of carbonyl (C=O) groups excluding carboxylic acids is 1. The van der Waals surface area contributed by atoms with Crippen LogP contribution in [-0.2, 0) is 14.7 Å². The monoisotopic (exact) mass is 244 g/mol. The van der Waals surface area contributed by atoms with Crippen molar-refractivity contribution >= 4 is 21.7 Å². The molecule has 1 unspecified atom stereocenters. The molecule has 16 heavy (non-hydrogen) atoms. The molecule has 0 radical (unpaired) electrons. The molecule has 92 valence electrons. The molecule has 0 bridgehead atoms. The minimum atomic E-state index is -2.71. The highest BCUT2D eigenvalue weighted by Crippen LogP contribution is 2.30. The second-order valence-electron chi connectivity index (χ2n) is 5.29. The summed E-state index contributed by atoms with van der Waals surface area (Å²) < 4.78 is 16.2. The average Bonchev–Trinajstić information content (AvgIpc) is 1.97. The molecule has 0 aromatic rings. The van der Waals surface area contributed by atoms with E-state index < -0.39 is 9.89 Å². The summed E-state index contributed by atoms with van der Waals surface area (Å²) >= 11 is 0. The zero-order valence-corrected chi connectivity index (χ0v) is 11.4. The number of nitrogens with zero attached hydrogens (tertiary/aromatic N) is 1. The van der Waals surface area contributed by atoms with E-state index in [1.807, 2.05) is 34.6 Å². The van der Waals surface area contributed by atoms with Gasteiger partial charge in [-0.05, 0) is 25.1 Å². The van der Waals surface area contributed by atoms with Crippen molar-refractivity contribution in [1.29, 1.82) is 0 Å². The fourth-order valence-electron chi connectivity index (χ4n) is 1.63. The molecule has 1 heterocycles. The third-order valence-electron chi connectivity index (χ3n) is 2.41. The van der Waals surface area contributed by atoms with Gasteiger partial charge in [-0.3, -0.25) is 4.79 Å². The Morgan fingerprint density at radius 1 is 1.44 bits per heavy atom. The van der Waals surface area contributed by atoms with Crippen molar-refractivity contribution in [3.05, 3.63) is 11.8 Å². The molecule has 1 N–H and O–H groups in total. The zero-order valence-electron chi connectivity index (χ0n) is 10.5. The van der Waals surface area contributed by atoms with Crippen molar-refractivity contribution in [2.75, 3.05) is 0 Å². The molecule has 0 spiro atoms. The van der Waals surface area contributed by atoms with Gasteiger partial charge in [-0.25, -0.2) is 8.51 Å². The van der Waals surface area contributed by atoms with Crippen molar-refractivity contribution in [2.24, 2.45) is 5.41 Å². The van der Waals surface area contributed by atoms with Crippen molar-refractivity contribution in [3.63, 3.8) is 0 Å². The fraction of sp³-hybridized carbons (Fsp3) is 0.636. The van der Waals surface area contributed by atoms with Gasteiger partial charge in [-0.15, -0.1) is 0 Å². The molecular weight excluding hydrogens is 224 g/mol. The van der Waals surface area contributed by atoms with E-state index in [1.54, 1.807) is 0 Å². The Balaban J connectivity index is 3.26. The number of carbonyl (C=O) groups is 1. The molecular formula is C11H20N2O2S. The van der Waals surface area contributed by atoms with Gasteiger partial charge in [-0.1, -0.05) is 20.8 Å². The van der Waals surface area contributed by atoms with Crippen LogP contribution in [0.15, 0.2) is 11.8 Å². The molecule has 0 saturated carbocycles. The largest absolute Gasteiger partial charge is 0.303 e. The Kier molecular flexibility index (Phi) is 3.11. The lowest BCUT2D eigenvalue weighted by molar-refractivity contribution is -0.124. The number of hydrogen-bond donors (Lipinski definition) is 1. The molecule has 1 atom stereocenters. The van der Waals surface area contributed by atoms with Crippen LogP contribution in [0.3, 0.4) is 0 Å². The molecule has 5 heteroatoms. The second kappa shape index (κ2) is 3.80. The standard InChI is InChI=1S/C11H20N2O2S/c1-8(2)13-10(14)9(11(3,4)5)7-12-16(13,6)15/h7-8H,6H2,1-5H3,(H,12,15). The molecule has 1 aliphatic heterocycles. The predicted molar refractivity (Wildman–Crippen MR) is 67.9 cm³/mol. The Labute approximate surface area is 98.0 Å². The third-order valence-corrected chi connectivity index (χ3v) is 4.12. The third kappa shape index (κ3) is 2.24. The van der Waals surface area contributed by atoms with Gasteiger partial charge in [-0.2, -0.15) is 0 Å². The van der Waals surface area contributed by atoms with Crippen LogP contribution in [0.4, 0.5) is 0 Å². The second-order valence-corrected chi connectivity index (χ2v) is 7.20. The first kappa shape index (κ1) is 13.1. The van der Waals surface area contributed by atoms with E-state index in [-0.39, 0.29) is 17.4 Å². The lowest BCUT2D eigenvalue weighted by Crippen LogP contribution is -2.52. The Bertz CT molecular complexity index is 427. The first-order valence-electron chi connectivity index (χ1n) is 5.26. The summed E-state index contributed by atoms with van der Waals surface area (Å²) in [4.78, 5) is 12.2. The number of nitrogens with one attached hydrogen (secondary N) is 1. The Hall–Kier alpha value is -0.970. The van der Waals surface area contributed by atoms with Crippen LogP contribution in [0.2, 0.25) is 0 Å². The predicted octanol–water partition coefficient (Wildman–Crippen LogP) is 1.30. The lowest BCUT2D eigenvalue weighted by atomic mass is 9.86. The maximum absolute atomic E-state index is 12.2. The topological polar surface area (TPSA) is 49.4 Å². The van der Waals surface area contributed by atoms with Crippen LogP contribution >= 0.6 is 0 Å². The minimum Gasteiger partial charge on any atom is -0.303 e. The molecule has 0 fully saturated rings. The van der Waals surface area contributed by atoms with E-state index in [1.165, 1.54) is 10.5 Å². The van der Waals surface area contributed by atoms with Crippen LogP contribution in [0.25, 0.3) is 0 Å². The van der Waals surface area contributed by atoms with Crippen LogP contribution < -0.4 is 4.72 Å². The van der Waals surface area contributed by atoms with Crippen LogP contribution in [0.1, 0.15) is 34.6 Å². The maximum atomic E-state index is 12.2. The van der Waals surface area contributed by atoms with E-state index in [0.29, 0.717) is 5.57 Å². The number of amides is 1. The van der Waals surface area contributed by atoms with Crippen molar-refractivity contribution in [3.8, 4) is 0 Å². The molecule has 0 saturated heterocycles. The fourth-order valence-corrected chi connectivity index (χ4v) is 3.10. The van der Waals surface area contributed by atoms with E-state index in [4.69, 9.17) is 0 Å². The van der Waals surface area contributed by atoms with Crippen LogP contribution in [-0.4, -0.2) is 26.3 Å². The highest BCUT2D eigenvalue weighted by Gasteiger charge is 2.36. The zero-order chi connectivity index (χ0) is 12.7. The van der Waals surface area contributed by atoms with Gasteiger partial charge < -0.3 is 4.72 Å². The molecule has 1 amide bonds. The summed E-state index contributed by atoms with van der Waals surface area (Å²) in [5, 5.41) is 0. The quantitative estimate of drug-likeness (QED) is 0.707. The smallest absolute Gasteiger partial charge is 0.264 e. The average molecular weight is 244 g/mol. The van der Waals surface area contributed by atoms with Crippen molar-refractivity contribution < 1.29 is 9.00 Å². The summed E-state index contributed by atoms with van der Waals surface area (Å²) in [6.07, 6.45) is 1.54. The number of hydrogen-bond acceptors (Lipinski definition) is 2. The first-order valence-corrected chi connectivity index (χ1v) is 6.94. The molecule has 0 aromatic heterocycles. The van der Waals surface area contributed by atoms with Gasteiger partial charge in [0.25, 0.3) is 5.91 Å². The molecule has 1 rings (SSSR count). The van der Waals surface area contributed by atoms with Crippen molar-refractivity contribution in [2.45, 2.75) is 40.7 Å². The van der Waals surface area contributed by atoms with E-state index >= 15 is 0 Å². The molecule has 1 aliphatic rings. The van der Waals surface area contributed by atoms with Gasteiger partial charge in [0.2, 0.25) is 0 Å². The van der Waals surface area contributed by atoms with E-state index in [0.717, 1.165) is 0 Å². The Morgan fingerprint density at radius 3 is 2.31 bits per heavy atom. The van der Waals surface area contributed by atoms with Crippen LogP contribution in [0.5, 0.6) is 0 Å². The summed E-state index contributed by atoms with van der Waals surface area (Å²) in [5.74, 6) is 3.38. The lowest BCUT2D eigenvalue weighted by Gasteiger charge is -2.37. The van der Waals surface area contributed by atoms with Crippen molar-refractivity contribution in [1.82, 2.24) is 9.03 Å². The summed E-state index contributed by atoms with van der Waals surface area (Å²) in [6, 6.07) is -0.143. The van der Waals surface area contributed by atoms with Gasteiger partial charge in [0.05, 0.1) is 0 Å². The minimum absolute atomic E-state index is 0.143. The maximum Gasteiger partial charge on any atom is 0.264 e. The highest BCUT2D eigenvalue weighted by molar-refractivity contribution is 7.97. The van der Waals surface area contributed by atoms with E-state index in [9.17, 15) is 9.00 Å². The highest BCUT2D eigenvalue weighted by atomic mass is 32.2. The molecule has 0 aromatic carbocycles. The van der Waals surface area contributed by atoms with Gasteiger partial charge in [0.1, 0.15) is 9.89 Å². The first-order chi connectivity index (χ1) is 7.07. The number of rotatable bonds is 1.